The molecular weight excluding hydrogens is 310 g/mol. The van der Waals surface area contributed by atoms with Gasteiger partial charge >= 0.3 is 11.8 Å². The predicted octanol–water partition coefficient (Wildman–Crippen LogP) is 0.296. The van der Waals surface area contributed by atoms with Crippen molar-refractivity contribution in [2.45, 2.75) is 40.2 Å². The second-order valence-corrected chi connectivity index (χ2v) is 7.58. The fourth-order valence-corrected chi connectivity index (χ4v) is 2.86. The number of nitrogens with one attached hydrogen (secondary N) is 3. The van der Waals surface area contributed by atoms with Gasteiger partial charge in [-0.15, -0.1) is 0 Å². The quantitative estimate of drug-likeness (QED) is 0.436. The molecule has 3 N–H and O–H groups in total. The fraction of sp³-hybridized carbons (Fsp3) is 0.882. The zero-order valence-electron chi connectivity index (χ0n) is 15.7. The van der Waals surface area contributed by atoms with Gasteiger partial charge in [-0.1, -0.05) is 20.8 Å². The Balaban J connectivity index is 2.39. The summed E-state index contributed by atoms with van der Waals surface area (Å²) in [7, 11) is 1.60. The Morgan fingerprint density at radius 1 is 1.25 bits per heavy atom. The molecule has 1 heterocycles. The summed E-state index contributed by atoms with van der Waals surface area (Å²) >= 11 is 0. The maximum Gasteiger partial charge on any atom is 0.309 e. The van der Waals surface area contributed by atoms with Crippen LogP contribution in [0, 0.1) is 10.8 Å². The zero-order chi connectivity index (χ0) is 18.2. The Hall–Kier alpha value is -1.18. The van der Waals surface area contributed by atoms with Crippen LogP contribution >= 0.6 is 0 Å². The second-order valence-electron chi connectivity index (χ2n) is 7.58. The van der Waals surface area contributed by atoms with E-state index in [1.54, 1.807) is 14.0 Å². The van der Waals surface area contributed by atoms with Crippen LogP contribution in [-0.4, -0.2) is 64.4 Å². The molecule has 1 aliphatic heterocycles. The summed E-state index contributed by atoms with van der Waals surface area (Å²) in [5, 5.41) is 8.81. The molecule has 0 aliphatic carbocycles. The molecule has 0 aromatic heterocycles. The summed E-state index contributed by atoms with van der Waals surface area (Å²) in [6, 6.07) is -0.232. The third kappa shape index (κ3) is 6.03. The monoisotopic (exact) mass is 343 g/mol. The number of hydrogen-bond donors (Lipinski definition) is 3. The first-order valence-electron chi connectivity index (χ1n) is 8.58. The number of carbonyl (C=O) groups is 2. The average molecular weight is 343 g/mol. The van der Waals surface area contributed by atoms with Crippen LogP contribution in [0.25, 0.3) is 0 Å². The lowest BCUT2D eigenvalue weighted by atomic mass is 9.66. The minimum atomic E-state index is -0.618. The molecule has 7 heteroatoms. The third-order valence-corrected chi connectivity index (χ3v) is 4.81. The van der Waals surface area contributed by atoms with Crippen molar-refractivity contribution in [2.24, 2.45) is 10.8 Å². The van der Waals surface area contributed by atoms with Crippen LogP contribution in [0.2, 0.25) is 0 Å². The van der Waals surface area contributed by atoms with Crippen molar-refractivity contribution in [3.63, 3.8) is 0 Å². The lowest BCUT2D eigenvalue weighted by Crippen LogP contribution is -2.51. The highest BCUT2D eigenvalue weighted by Crippen LogP contribution is 2.42. The van der Waals surface area contributed by atoms with E-state index in [4.69, 9.17) is 9.47 Å². The van der Waals surface area contributed by atoms with E-state index < -0.39 is 11.8 Å². The summed E-state index contributed by atoms with van der Waals surface area (Å²) in [6.07, 6.45) is 0.988. The Kier molecular flexibility index (Phi) is 8.12. The van der Waals surface area contributed by atoms with Crippen LogP contribution in [0.1, 0.15) is 34.1 Å². The highest BCUT2D eigenvalue weighted by Gasteiger charge is 2.44. The highest BCUT2D eigenvalue weighted by atomic mass is 16.5. The van der Waals surface area contributed by atoms with Gasteiger partial charge in [-0.25, -0.2) is 0 Å². The Labute approximate surface area is 145 Å². The van der Waals surface area contributed by atoms with E-state index in [1.165, 1.54) is 0 Å². The number of carbonyl (C=O) groups excluding carboxylic acids is 2. The normalized spacial score (nSPS) is 22.2. The van der Waals surface area contributed by atoms with E-state index in [-0.39, 0.29) is 16.9 Å². The molecule has 2 atom stereocenters. The van der Waals surface area contributed by atoms with E-state index in [2.05, 4.69) is 36.7 Å². The van der Waals surface area contributed by atoms with Crippen LogP contribution in [0.3, 0.4) is 0 Å². The van der Waals surface area contributed by atoms with Crippen molar-refractivity contribution in [1.29, 1.82) is 0 Å². The van der Waals surface area contributed by atoms with Gasteiger partial charge in [0.05, 0.1) is 19.8 Å². The molecule has 0 spiro atoms. The lowest BCUT2D eigenvalue weighted by Gasteiger charge is -2.41. The SMILES string of the molecule is COCCOCC(C)NC(=O)C(=O)NCC1(C(C)(C)C)CCNC1. The van der Waals surface area contributed by atoms with E-state index in [9.17, 15) is 9.59 Å². The number of hydrogen-bond acceptors (Lipinski definition) is 5. The number of amides is 2. The van der Waals surface area contributed by atoms with Crippen molar-refractivity contribution in [2.75, 3.05) is 46.6 Å². The van der Waals surface area contributed by atoms with Crippen LogP contribution in [0.4, 0.5) is 0 Å². The van der Waals surface area contributed by atoms with Crippen LogP contribution in [0.5, 0.6) is 0 Å². The van der Waals surface area contributed by atoms with Gasteiger partial charge in [0.25, 0.3) is 0 Å². The number of methoxy groups -OCH3 is 1. The third-order valence-electron chi connectivity index (χ3n) is 4.81. The maximum atomic E-state index is 12.1. The molecule has 24 heavy (non-hydrogen) atoms. The molecule has 0 saturated carbocycles. The Morgan fingerprint density at radius 2 is 1.96 bits per heavy atom. The molecule has 2 unspecified atom stereocenters. The molecule has 1 fully saturated rings. The Bertz CT molecular complexity index is 415. The van der Waals surface area contributed by atoms with Gasteiger partial charge in [0.15, 0.2) is 0 Å². The Morgan fingerprint density at radius 3 is 2.50 bits per heavy atom. The summed E-state index contributed by atoms with van der Waals surface area (Å²) in [4.78, 5) is 24.1. The summed E-state index contributed by atoms with van der Waals surface area (Å²) in [6.45, 7) is 11.9. The first-order valence-corrected chi connectivity index (χ1v) is 8.58. The molecule has 140 valence electrons. The van der Waals surface area contributed by atoms with Crippen molar-refractivity contribution in [3.8, 4) is 0 Å². The maximum absolute atomic E-state index is 12.1. The molecule has 0 bridgehead atoms. The van der Waals surface area contributed by atoms with Crippen molar-refractivity contribution in [1.82, 2.24) is 16.0 Å². The van der Waals surface area contributed by atoms with Gasteiger partial charge in [-0.05, 0) is 25.3 Å². The topological polar surface area (TPSA) is 88.7 Å². The van der Waals surface area contributed by atoms with Crippen LogP contribution < -0.4 is 16.0 Å². The predicted molar refractivity (Wildman–Crippen MR) is 92.7 cm³/mol. The van der Waals surface area contributed by atoms with Crippen LogP contribution in [0.15, 0.2) is 0 Å². The first kappa shape index (κ1) is 20.9. The minimum absolute atomic E-state index is 0.0299. The summed E-state index contributed by atoms with van der Waals surface area (Å²) < 4.78 is 10.2. The van der Waals surface area contributed by atoms with Gasteiger partial charge in [0, 0.05) is 31.7 Å². The molecule has 2 amide bonds. The lowest BCUT2D eigenvalue weighted by molar-refractivity contribution is -0.140. The first-order chi connectivity index (χ1) is 11.2. The van der Waals surface area contributed by atoms with Gasteiger partial charge in [0.2, 0.25) is 0 Å². The highest BCUT2D eigenvalue weighted by molar-refractivity contribution is 6.35. The molecule has 1 rings (SSSR count). The van der Waals surface area contributed by atoms with Gasteiger partial charge in [-0.3, -0.25) is 9.59 Å². The van der Waals surface area contributed by atoms with E-state index in [0.29, 0.717) is 26.4 Å². The van der Waals surface area contributed by atoms with Gasteiger partial charge in [-0.2, -0.15) is 0 Å². The summed E-state index contributed by atoms with van der Waals surface area (Å²) in [5.74, 6) is -1.21. The van der Waals surface area contributed by atoms with Gasteiger partial charge in [0.1, 0.15) is 0 Å². The molecule has 1 aliphatic rings. The molecule has 0 aromatic carbocycles. The summed E-state index contributed by atoms with van der Waals surface area (Å²) in [5.41, 5.74) is 0.0144. The van der Waals surface area contributed by atoms with Crippen molar-refractivity contribution in [3.05, 3.63) is 0 Å². The van der Waals surface area contributed by atoms with E-state index in [0.717, 1.165) is 19.5 Å². The number of ether oxygens (including phenoxy) is 2. The largest absolute Gasteiger partial charge is 0.382 e. The van der Waals surface area contributed by atoms with Crippen LogP contribution in [-0.2, 0) is 19.1 Å². The standard InChI is InChI=1S/C17H33N3O4/c1-13(10-24-9-8-23-5)20-15(22)14(21)19-12-17(16(2,3)4)6-7-18-11-17/h13,18H,6-12H2,1-5H3,(H,19,21)(H,20,22). The molecule has 0 aromatic rings. The average Bonchev–Trinajstić information content (AvgIpc) is 2.99. The molecular formula is C17H33N3O4. The zero-order valence-corrected chi connectivity index (χ0v) is 15.7. The van der Waals surface area contributed by atoms with E-state index >= 15 is 0 Å². The van der Waals surface area contributed by atoms with E-state index in [1.807, 2.05) is 0 Å². The smallest absolute Gasteiger partial charge is 0.309 e. The molecule has 1 saturated heterocycles. The molecule has 0 radical (unpaired) electrons. The minimum Gasteiger partial charge on any atom is -0.382 e. The van der Waals surface area contributed by atoms with Crippen molar-refractivity contribution < 1.29 is 19.1 Å². The number of rotatable bonds is 8. The molecule has 7 nitrogen and oxygen atoms in total. The fourth-order valence-electron chi connectivity index (χ4n) is 2.86. The second kappa shape index (κ2) is 9.34. The van der Waals surface area contributed by atoms with Crippen molar-refractivity contribution >= 4 is 11.8 Å². The van der Waals surface area contributed by atoms with Gasteiger partial charge < -0.3 is 25.4 Å².